The number of halogens is 2. The number of urea groups is 1. The third kappa shape index (κ3) is 3.88. The van der Waals surface area contributed by atoms with Gasteiger partial charge in [-0.1, -0.05) is 18.2 Å². The molecule has 2 aromatic carbocycles. The topological polar surface area (TPSA) is 47.6 Å². The first kappa shape index (κ1) is 17.7. The molecule has 2 aliphatic rings. The van der Waals surface area contributed by atoms with E-state index in [1.165, 1.54) is 23.3 Å². The molecular weight excluding hydrogens is 350 g/mol. The molecule has 0 atom stereocenters. The van der Waals surface area contributed by atoms with E-state index in [1.54, 1.807) is 4.90 Å². The quantitative estimate of drug-likeness (QED) is 0.871. The van der Waals surface area contributed by atoms with Gasteiger partial charge in [0.15, 0.2) is 0 Å². The van der Waals surface area contributed by atoms with Gasteiger partial charge in [0.05, 0.1) is 5.69 Å². The van der Waals surface area contributed by atoms with Crippen LogP contribution in [-0.2, 0) is 19.6 Å². The van der Waals surface area contributed by atoms with Crippen molar-refractivity contribution >= 4 is 11.7 Å². The van der Waals surface area contributed by atoms with Crippen molar-refractivity contribution in [2.45, 2.75) is 19.6 Å². The zero-order chi connectivity index (χ0) is 18.8. The van der Waals surface area contributed by atoms with Crippen molar-refractivity contribution in [2.75, 3.05) is 31.1 Å². The number of nitrogens with zero attached hydrogens (tertiary/aromatic N) is 2. The Balaban J connectivity index is 1.29. The highest BCUT2D eigenvalue weighted by Gasteiger charge is 2.23. The summed E-state index contributed by atoms with van der Waals surface area (Å²) in [7, 11) is 0. The minimum atomic E-state index is -0.586. The summed E-state index contributed by atoms with van der Waals surface area (Å²) in [4.78, 5) is 16.0. The molecular formula is C20H22F2N4O. The number of anilines is 1. The zero-order valence-electron chi connectivity index (χ0n) is 15.0. The maximum absolute atomic E-state index is 13.9. The second-order valence-electron chi connectivity index (χ2n) is 6.94. The molecule has 2 aliphatic heterocycles. The largest absolute Gasteiger partial charge is 0.366 e. The number of hydrogen-bond donors (Lipinski definition) is 2. The second-order valence-corrected chi connectivity index (χ2v) is 6.94. The highest BCUT2D eigenvalue weighted by molar-refractivity contribution is 5.74. The maximum Gasteiger partial charge on any atom is 0.317 e. The summed E-state index contributed by atoms with van der Waals surface area (Å²) >= 11 is 0. The number of hydrogen-bond acceptors (Lipinski definition) is 3. The van der Waals surface area contributed by atoms with Gasteiger partial charge in [0.2, 0.25) is 0 Å². The smallest absolute Gasteiger partial charge is 0.317 e. The molecule has 2 amide bonds. The monoisotopic (exact) mass is 372 g/mol. The molecule has 2 heterocycles. The Labute approximate surface area is 157 Å². The van der Waals surface area contributed by atoms with Gasteiger partial charge in [-0.25, -0.2) is 13.6 Å². The van der Waals surface area contributed by atoms with Crippen LogP contribution in [0.5, 0.6) is 0 Å². The fourth-order valence-corrected chi connectivity index (χ4v) is 3.64. The van der Waals surface area contributed by atoms with Gasteiger partial charge in [0, 0.05) is 51.9 Å². The average Bonchev–Trinajstić information content (AvgIpc) is 3.14. The SMILES string of the molecule is O=C(NCc1ccc2c(c1)CNC2)N1CCN(c2ccc(F)cc2F)CC1. The highest BCUT2D eigenvalue weighted by atomic mass is 19.1. The average molecular weight is 372 g/mol. The fourth-order valence-electron chi connectivity index (χ4n) is 3.64. The van der Waals surface area contributed by atoms with Crippen LogP contribution in [0.4, 0.5) is 19.3 Å². The maximum atomic E-state index is 13.9. The van der Waals surface area contributed by atoms with Crippen LogP contribution in [0.2, 0.25) is 0 Å². The number of benzene rings is 2. The van der Waals surface area contributed by atoms with Crippen molar-refractivity contribution in [2.24, 2.45) is 0 Å². The van der Waals surface area contributed by atoms with Gasteiger partial charge in [0.1, 0.15) is 11.6 Å². The van der Waals surface area contributed by atoms with Crippen LogP contribution in [0.25, 0.3) is 0 Å². The lowest BCUT2D eigenvalue weighted by Crippen LogP contribution is -2.51. The molecule has 0 unspecified atom stereocenters. The Morgan fingerprint density at radius 2 is 1.78 bits per heavy atom. The summed E-state index contributed by atoms with van der Waals surface area (Å²) in [6.45, 7) is 4.29. The Morgan fingerprint density at radius 1 is 1.00 bits per heavy atom. The van der Waals surface area contributed by atoms with Crippen molar-refractivity contribution in [3.8, 4) is 0 Å². The molecule has 0 spiro atoms. The van der Waals surface area contributed by atoms with Crippen LogP contribution >= 0.6 is 0 Å². The van der Waals surface area contributed by atoms with Crippen LogP contribution in [-0.4, -0.2) is 37.1 Å². The summed E-state index contributed by atoms with van der Waals surface area (Å²) in [5, 5.41) is 6.27. The number of amides is 2. The minimum Gasteiger partial charge on any atom is -0.366 e. The van der Waals surface area contributed by atoms with E-state index in [0.717, 1.165) is 24.7 Å². The molecule has 142 valence electrons. The summed E-state index contributed by atoms with van der Waals surface area (Å²) in [6, 6.07) is 9.75. The molecule has 5 nitrogen and oxygen atoms in total. The third-order valence-electron chi connectivity index (χ3n) is 5.16. The molecule has 27 heavy (non-hydrogen) atoms. The first-order valence-electron chi connectivity index (χ1n) is 9.14. The van der Waals surface area contributed by atoms with E-state index in [2.05, 4.69) is 22.8 Å². The Hall–Kier alpha value is -2.67. The molecule has 1 saturated heterocycles. The first-order valence-corrected chi connectivity index (χ1v) is 9.14. The van der Waals surface area contributed by atoms with Gasteiger partial charge >= 0.3 is 6.03 Å². The molecule has 0 saturated carbocycles. The number of carbonyl (C=O) groups excluding carboxylic acids is 1. The van der Waals surface area contributed by atoms with Gasteiger partial charge in [-0.15, -0.1) is 0 Å². The minimum absolute atomic E-state index is 0.118. The van der Waals surface area contributed by atoms with Gasteiger partial charge in [0.25, 0.3) is 0 Å². The molecule has 2 N–H and O–H groups in total. The van der Waals surface area contributed by atoms with Crippen molar-refractivity contribution in [3.63, 3.8) is 0 Å². The van der Waals surface area contributed by atoms with E-state index in [4.69, 9.17) is 0 Å². The zero-order valence-corrected chi connectivity index (χ0v) is 15.0. The highest BCUT2D eigenvalue weighted by Crippen LogP contribution is 2.21. The molecule has 0 bridgehead atoms. The van der Waals surface area contributed by atoms with Crippen LogP contribution in [0, 0.1) is 11.6 Å². The molecule has 0 aliphatic carbocycles. The molecule has 0 radical (unpaired) electrons. The van der Waals surface area contributed by atoms with E-state index in [9.17, 15) is 13.6 Å². The number of piperazine rings is 1. The number of rotatable bonds is 3. The van der Waals surface area contributed by atoms with E-state index in [0.29, 0.717) is 38.4 Å². The van der Waals surface area contributed by atoms with Crippen molar-refractivity contribution in [3.05, 3.63) is 64.7 Å². The Morgan fingerprint density at radius 3 is 2.56 bits per heavy atom. The Kier molecular flexibility index (Phi) is 4.94. The number of fused-ring (bicyclic) bond motifs is 1. The lowest BCUT2D eigenvalue weighted by Gasteiger charge is -2.36. The van der Waals surface area contributed by atoms with Crippen LogP contribution < -0.4 is 15.5 Å². The van der Waals surface area contributed by atoms with Crippen molar-refractivity contribution in [1.29, 1.82) is 0 Å². The Bertz CT molecular complexity index is 850. The van der Waals surface area contributed by atoms with E-state index in [1.807, 2.05) is 11.0 Å². The third-order valence-corrected chi connectivity index (χ3v) is 5.16. The van der Waals surface area contributed by atoms with Gasteiger partial charge in [-0.3, -0.25) is 0 Å². The van der Waals surface area contributed by atoms with E-state index < -0.39 is 11.6 Å². The fraction of sp³-hybridized carbons (Fsp3) is 0.350. The predicted octanol–water partition coefficient (Wildman–Crippen LogP) is 2.60. The summed E-state index contributed by atoms with van der Waals surface area (Å²) in [5.74, 6) is -1.16. The van der Waals surface area contributed by atoms with E-state index >= 15 is 0 Å². The van der Waals surface area contributed by atoms with Crippen LogP contribution in [0.1, 0.15) is 16.7 Å². The lowest BCUT2D eigenvalue weighted by atomic mass is 10.1. The van der Waals surface area contributed by atoms with E-state index in [-0.39, 0.29) is 6.03 Å². The lowest BCUT2D eigenvalue weighted by molar-refractivity contribution is 0.194. The summed E-state index contributed by atoms with van der Waals surface area (Å²) in [5.41, 5.74) is 4.06. The van der Waals surface area contributed by atoms with Crippen LogP contribution in [0.15, 0.2) is 36.4 Å². The normalized spacial score (nSPS) is 16.4. The number of nitrogens with one attached hydrogen (secondary N) is 2. The number of carbonyl (C=O) groups is 1. The first-order chi connectivity index (χ1) is 13.1. The van der Waals surface area contributed by atoms with Gasteiger partial charge in [-0.2, -0.15) is 0 Å². The van der Waals surface area contributed by atoms with Gasteiger partial charge < -0.3 is 20.4 Å². The predicted molar refractivity (Wildman–Crippen MR) is 99.4 cm³/mol. The molecule has 1 fully saturated rings. The summed E-state index contributed by atoms with van der Waals surface area (Å²) < 4.78 is 27.0. The molecule has 7 heteroatoms. The summed E-state index contributed by atoms with van der Waals surface area (Å²) in [6.07, 6.45) is 0. The van der Waals surface area contributed by atoms with Crippen LogP contribution in [0.3, 0.4) is 0 Å². The molecule has 4 rings (SSSR count). The van der Waals surface area contributed by atoms with Crippen molar-refractivity contribution < 1.29 is 13.6 Å². The van der Waals surface area contributed by atoms with Crippen molar-refractivity contribution in [1.82, 2.24) is 15.5 Å². The van der Waals surface area contributed by atoms with Gasteiger partial charge in [-0.05, 0) is 28.8 Å². The second kappa shape index (κ2) is 7.52. The molecule has 2 aromatic rings. The standard InChI is InChI=1S/C20H22F2N4O/c21-17-3-4-19(18(22)10-17)25-5-7-26(8-6-25)20(27)24-11-14-1-2-15-12-23-13-16(15)9-14/h1-4,9-10,23H,5-8,11-13H2,(H,24,27). The molecule has 0 aromatic heterocycles.